The van der Waals surface area contributed by atoms with Crippen molar-refractivity contribution in [2.75, 3.05) is 16.5 Å². The third-order valence-electron chi connectivity index (χ3n) is 3.28. The van der Waals surface area contributed by atoms with E-state index in [0.717, 1.165) is 0 Å². The van der Waals surface area contributed by atoms with Gasteiger partial charge in [-0.1, -0.05) is 24.3 Å². The number of halogens is 1. The fourth-order valence-corrected chi connectivity index (χ4v) is 2.28. The minimum Gasteiger partial charge on any atom is -0.326 e. The van der Waals surface area contributed by atoms with Crippen molar-refractivity contribution in [3.05, 3.63) is 76.9 Å². The minimum absolute atomic E-state index is 0.0255. The maximum Gasteiger partial charge on any atom is 0.292 e. The van der Waals surface area contributed by atoms with Gasteiger partial charge in [-0.3, -0.25) is 10.1 Å². The van der Waals surface area contributed by atoms with Gasteiger partial charge < -0.3 is 9.80 Å². The van der Waals surface area contributed by atoms with E-state index in [1.54, 1.807) is 58.6 Å². The maximum absolute atomic E-state index is 13.8. The molecule has 0 N–H and O–H groups in total. The SMILES string of the molecule is O=[N+]([O-])c1ccccc1N1C=CN(c2ccccc2F)C1. The van der Waals surface area contributed by atoms with E-state index in [0.29, 0.717) is 18.0 Å². The van der Waals surface area contributed by atoms with Crippen LogP contribution < -0.4 is 9.80 Å². The van der Waals surface area contributed by atoms with Crippen LogP contribution in [0.1, 0.15) is 0 Å². The Hall–Kier alpha value is -2.89. The van der Waals surface area contributed by atoms with E-state index < -0.39 is 4.92 Å². The highest BCUT2D eigenvalue weighted by molar-refractivity contribution is 5.68. The average Bonchev–Trinajstić information content (AvgIpc) is 2.97. The molecule has 0 atom stereocenters. The number of benzene rings is 2. The summed E-state index contributed by atoms with van der Waals surface area (Å²) < 4.78 is 13.8. The van der Waals surface area contributed by atoms with Crippen LogP contribution in [0.5, 0.6) is 0 Å². The third kappa shape index (κ3) is 2.43. The molecule has 5 nitrogen and oxygen atoms in total. The average molecular weight is 285 g/mol. The molecule has 6 heteroatoms. The zero-order valence-corrected chi connectivity index (χ0v) is 11.0. The summed E-state index contributed by atoms with van der Waals surface area (Å²) in [6.45, 7) is 0.325. The van der Waals surface area contributed by atoms with Crippen LogP contribution in [-0.2, 0) is 0 Å². The lowest BCUT2D eigenvalue weighted by atomic mass is 10.2. The lowest BCUT2D eigenvalue weighted by Crippen LogP contribution is -2.25. The summed E-state index contributed by atoms with van der Waals surface area (Å²) in [6, 6.07) is 12.9. The Bertz CT molecular complexity index is 718. The Balaban J connectivity index is 1.88. The van der Waals surface area contributed by atoms with Crippen LogP contribution in [-0.4, -0.2) is 11.6 Å². The molecule has 2 aromatic rings. The third-order valence-corrected chi connectivity index (χ3v) is 3.28. The smallest absolute Gasteiger partial charge is 0.292 e. The molecule has 0 amide bonds. The normalized spacial score (nSPS) is 13.8. The highest BCUT2D eigenvalue weighted by atomic mass is 19.1. The molecule has 0 saturated carbocycles. The first kappa shape index (κ1) is 13.1. The molecule has 0 bridgehead atoms. The van der Waals surface area contributed by atoms with Crippen LogP contribution >= 0.6 is 0 Å². The van der Waals surface area contributed by atoms with Crippen LogP contribution in [0.3, 0.4) is 0 Å². The molecular formula is C15H12FN3O2. The summed E-state index contributed by atoms with van der Waals surface area (Å²) in [5, 5.41) is 11.1. The number of hydrogen-bond acceptors (Lipinski definition) is 4. The zero-order valence-electron chi connectivity index (χ0n) is 11.0. The fraction of sp³-hybridized carbons (Fsp3) is 0.0667. The molecule has 1 aliphatic rings. The highest BCUT2D eigenvalue weighted by Crippen LogP contribution is 2.31. The van der Waals surface area contributed by atoms with Crippen LogP contribution in [0.25, 0.3) is 0 Å². The van der Waals surface area contributed by atoms with Crippen molar-refractivity contribution in [2.24, 2.45) is 0 Å². The van der Waals surface area contributed by atoms with E-state index in [9.17, 15) is 14.5 Å². The number of nitro groups is 1. The molecule has 21 heavy (non-hydrogen) atoms. The molecule has 0 fully saturated rings. The first-order valence-corrected chi connectivity index (χ1v) is 6.36. The van der Waals surface area contributed by atoms with Gasteiger partial charge in [0, 0.05) is 18.5 Å². The van der Waals surface area contributed by atoms with Gasteiger partial charge in [-0.25, -0.2) is 4.39 Å². The van der Waals surface area contributed by atoms with Gasteiger partial charge in [-0.15, -0.1) is 0 Å². The lowest BCUT2D eigenvalue weighted by Gasteiger charge is -2.21. The molecule has 0 aliphatic carbocycles. The predicted molar refractivity (Wildman–Crippen MR) is 78.5 cm³/mol. The summed E-state index contributed by atoms with van der Waals surface area (Å²) in [4.78, 5) is 14.1. The van der Waals surface area contributed by atoms with Gasteiger partial charge in [0.15, 0.2) is 0 Å². The number of nitro benzene ring substituents is 1. The molecule has 0 unspecified atom stereocenters. The van der Waals surface area contributed by atoms with Gasteiger partial charge in [-0.05, 0) is 18.2 Å². The number of para-hydroxylation sites is 3. The molecule has 1 aliphatic heterocycles. The number of hydrogen-bond donors (Lipinski definition) is 0. The van der Waals surface area contributed by atoms with E-state index in [1.807, 2.05) is 0 Å². The van der Waals surface area contributed by atoms with Crippen molar-refractivity contribution in [1.29, 1.82) is 0 Å². The van der Waals surface area contributed by atoms with Crippen molar-refractivity contribution in [2.45, 2.75) is 0 Å². The maximum atomic E-state index is 13.8. The second-order valence-electron chi connectivity index (χ2n) is 4.58. The monoisotopic (exact) mass is 285 g/mol. The van der Waals surface area contributed by atoms with Crippen LogP contribution in [0.15, 0.2) is 60.9 Å². The first-order chi connectivity index (χ1) is 10.2. The van der Waals surface area contributed by atoms with E-state index >= 15 is 0 Å². The second-order valence-corrected chi connectivity index (χ2v) is 4.58. The molecule has 1 heterocycles. The molecule has 3 rings (SSSR count). The van der Waals surface area contributed by atoms with Gasteiger partial charge >= 0.3 is 0 Å². The van der Waals surface area contributed by atoms with Gasteiger partial charge in [-0.2, -0.15) is 0 Å². The topological polar surface area (TPSA) is 49.6 Å². The Kier molecular flexibility index (Phi) is 3.27. The fourth-order valence-electron chi connectivity index (χ4n) is 2.28. The van der Waals surface area contributed by atoms with E-state index in [4.69, 9.17) is 0 Å². The number of rotatable bonds is 3. The Morgan fingerprint density at radius 2 is 1.52 bits per heavy atom. The summed E-state index contributed by atoms with van der Waals surface area (Å²) in [7, 11) is 0. The Morgan fingerprint density at radius 1 is 0.952 bits per heavy atom. The molecular weight excluding hydrogens is 273 g/mol. The summed E-state index contributed by atoms with van der Waals surface area (Å²) in [5.41, 5.74) is 0.949. The van der Waals surface area contributed by atoms with Crippen LogP contribution in [0.2, 0.25) is 0 Å². The minimum atomic E-state index is -0.422. The van der Waals surface area contributed by atoms with Crippen molar-refractivity contribution < 1.29 is 9.31 Å². The molecule has 0 radical (unpaired) electrons. The molecule has 106 valence electrons. The Morgan fingerprint density at radius 3 is 2.19 bits per heavy atom. The van der Waals surface area contributed by atoms with E-state index in [1.165, 1.54) is 12.1 Å². The quantitative estimate of drug-likeness (QED) is 0.640. The van der Waals surface area contributed by atoms with Gasteiger partial charge in [0.25, 0.3) is 5.69 Å². The zero-order chi connectivity index (χ0) is 14.8. The molecule has 0 spiro atoms. The second kappa shape index (κ2) is 5.24. The van der Waals surface area contributed by atoms with Crippen molar-refractivity contribution >= 4 is 17.1 Å². The van der Waals surface area contributed by atoms with E-state index in [-0.39, 0.29) is 11.5 Å². The Labute approximate surface area is 120 Å². The van der Waals surface area contributed by atoms with Crippen molar-refractivity contribution in [3.8, 4) is 0 Å². The molecule has 2 aromatic carbocycles. The largest absolute Gasteiger partial charge is 0.326 e. The van der Waals surface area contributed by atoms with E-state index in [2.05, 4.69) is 0 Å². The lowest BCUT2D eigenvalue weighted by molar-refractivity contribution is -0.384. The number of anilines is 2. The standard InChI is InChI=1S/C15H12FN3O2/c16-12-5-1-2-6-13(12)17-9-10-18(11-17)14-7-3-4-8-15(14)19(20)21/h1-10H,11H2. The van der Waals surface area contributed by atoms with Crippen LogP contribution in [0, 0.1) is 15.9 Å². The van der Waals surface area contributed by atoms with Gasteiger partial charge in [0.05, 0.1) is 17.3 Å². The predicted octanol–water partition coefficient (Wildman–Crippen LogP) is 3.49. The summed E-state index contributed by atoms with van der Waals surface area (Å²) in [6.07, 6.45) is 3.41. The van der Waals surface area contributed by atoms with Gasteiger partial charge in [0.1, 0.15) is 11.5 Å². The summed E-state index contributed by atoms with van der Waals surface area (Å²) >= 11 is 0. The first-order valence-electron chi connectivity index (χ1n) is 6.36. The molecule has 0 aromatic heterocycles. The summed E-state index contributed by atoms with van der Waals surface area (Å²) in [5.74, 6) is -0.327. The highest BCUT2D eigenvalue weighted by Gasteiger charge is 2.23. The van der Waals surface area contributed by atoms with Crippen LogP contribution in [0.4, 0.5) is 21.5 Å². The van der Waals surface area contributed by atoms with Gasteiger partial charge in [0.2, 0.25) is 0 Å². The number of nitrogens with zero attached hydrogens (tertiary/aromatic N) is 3. The van der Waals surface area contributed by atoms with Crippen molar-refractivity contribution in [3.63, 3.8) is 0 Å². The molecule has 0 saturated heterocycles. The van der Waals surface area contributed by atoms with Crippen molar-refractivity contribution in [1.82, 2.24) is 0 Å².